The number of aryl methyl sites for hydroxylation is 1. The molecule has 0 spiro atoms. The minimum atomic E-state index is -0.894. The number of hydrogen-bond donors (Lipinski definition) is 4. The normalized spacial score (nSPS) is 15.1. The van der Waals surface area contributed by atoms with Gasteiger partial charge in [0, 0.05) is 45.2 Å². The largest absolute Gasteiger partial charge is 0.493 e. The molecule has 0 aliphatic heterocycles. The Bertz CT molecular complexity index is 1070. The van der Waals surface area contributed by atoms with Gasteiger partial charge in [0.15, 0.2) is 0 Å². The van der Waals surface area contributed by atoms with Gasteiger partial charge < -0.3 is 35.7 Å². The van der Waals surface area contributed by atoms with Crippen LogP contribution in [0.2, 0.25) is 0 Å². The minimum absolute atomic E-state index is 0.0161. The van der Waals surface area contributed by atoms with Crippen molar-refractivity contribution in [2.75, 3.05) is 33.5 Å². The van der Waals surface area contributed by atoms with Gasteiger partial charge in [-0.05, 0) is 60.1 Å². The van der Waals surface area contributed by atoms with E-state index >= 15 is 0 Å². The first-order valence-corrected chi connectivity index (χ1v) is 15.5. The molecule has 0 aromatic heterocycles. The summed E-state index contributed by atoms with van der Waals surface area (Å²) in [5.41, 5.74) is 9.28. The summed E-state index contributed by atoms with van der Waals surface area (Å²) >= 11 is 0. The Hall–Kier alpha value is -2.56. The maximum Gasteiger partial charge on any atom is 0.223 e. The number of amides is 1. The fraction of sp³-hybridized carbons (Fsp3) is 0.618. The maximum absolute atomic E-state index is 13.4. The zero-order valence-electron chi connectivity index (χ0n) is 26.9. The Morgan fingerprint density at radius 3 is 2.42 bits per heavy atom. The molecule has 0 fully saturated rings. The highest BCUT2D eigenvalue weighted by Crippen LogP contribution is 2.22. The Morgan fingerprint density at radius 1 is 1.07 bits per heavy atom. The van der Waals surface area contributed by atoms with Gasteiger partial charge in [-0.15, -0.1) is 0 Å². The van der Waals surface area contributed by atoms with E-state index < -0.39 is 18.1 Å². The van der Waals surface area contributed by atoms with E-state index in [2.05, 4.69) is 24.5 Å². The topological polar surface area (TPSA) is 115 Å². The minimum Gasteiger partial charge on any atom is -0.493 e. The summed E-state index contributed by atoms with van der Waals surface area (Å²) in [5, 5.41) is 17.5. The molecule has 8 nitrogen and oxygen atoms in total. The van der Waals surface area contributed by atoms with Gasteiger partial charge in [-0.2, -0.15) is 0 Å². The molecule has 2 aromatic carbocycles. The lowest BCUT2D eigenvalue weighted by atomic mass is 9.86. The molecule has 5 atom stereocenters. The van der Waals surface area contributed by atoms with E-state index in [0.717, 1.165) is 35.3 Å². The Kier molecular flexibility index (Phi) is 16.8. The summed E-state index contributed by atoms with van der Waals surface area (Å²) in [4.78, 5) is 13.4. The number of aliphatic hydroxyl groups is 1. The lowest BCUT2D eigenvalue weighted by molar-refractivity contribution is -0.128. The van der Waals surface area contributed by atoms with E-state index in [4.69, 9.17) is 19.9 Å². The molecule has 0 aliphatic carbocycles. The molecular weight excluding hydrogens is 549 g/mol. The molecule has 0 bridgehead atoms. The maximum atomic E-state index is 13.4. The number of benzene rings is 2. The van der Waals surface area contributed by atoms with Crippen LogP contribution in [0.3, 0.4) is 0 Å². The number of nitrogens with two attached hydrogens (primary N) is 1. The second-order valence-electron chi connectivity index (χ2n) is 11.9. The smallest absolute Gasteiger partial charge is 0.223 e. The molecule has 0 heterocycles. The van der Waals surface area contributed by atoms with Gasteiger partial charge in [-0.3, -0.25) is 4.79 Å². The highest BCUT2D eigenvalue weighted by Gasteiger charge is 2.30. The van der Waals surface area contributed by atoms with E-state index in [9.17, 15) is 14.3 Å². The first kappa shape index (κ1) is 36.6. The molecule has 0 radical (unpaired) electrons. The molecule has 0 saturated heterocycles. The Balaban J connectivity index is 1.87. The highest BCUT2D eigenvalue weighted by molar-refractivity contribution is 5.79. The third-order valence-corrected chi connectivity index (χ3v) is 7.98. The Morgan fingerprint density at radius 2 is 1.77 bits per heavy atom. The van der Waals surface area contributed by atoms with Crippen LogP contribution in [0.15, 0.2) is 42.5 Å². The summed E-state index contributed by atoms with van der Waals surface area (Å²) < 4.78 is 30.0. The van der Waals surface area contributed by atoms with Gasteiger partial charge in [-0.25, -0.2) is 4.39 Å². The standard InChI is InChI=1S/C34H54FN3O5/c1-7-24(4)31(20-37-19-26-11-13-28(35)14-12-26)38-34(40)29(23(2)3)18-32(39)30(36)22-42-21-27-10-9-25(5)33(17-27)43-16-8-15-41-6/h9-14,17,23-24,29-32,37,39H,7-8,15-16,18-22,36H2,1-6H3,(H,38,40)/t24-,29-,30-,31+,32-/m0/s1. The van der Waals surface area contributed by atoms with Crippen LogP contribution < -0.4 is 21.1 Å². The summed E-state index contributed by atoms with van der Waals surface area (Å²) in [6.45, 7) is 13.1. The van der Waals surface area contributed by atoms with Crippen LogP contribution in [-0.2, 0) is 27.4 Å². The fourth-order valence-electron chi connectivity index (χ4n) is 4.76. The highest BCUT2D eigenvalue weighted by atomic mass is 19.1. The van der Waals surface area contributed by atoms with Crippen molar-refractivity contribution in [2.24, 2.45) is 23.5 Å². The fourth-order valence-corrected chi connectivity index (χ4v) is 4.76. The van der Waals surface area contributed by atoms with Crippen molar-refractivity contribution in [1.29, 1.82) is 0 Å². The summed E-state index contributed by atoms with van der Waals surface area (Å²) in [6, 6.07) is 11.6. The lowest BCUT2D eigenvalue weighted by Crippen LogP contribution is -2.50. The quantitative estimate of drug-likeness (QED) is 0.153. The second-order valence-corrected chi connectivity index (χ2v) is 11.9. The van der Waals surface area contributed by atoms with Gasteiger partial charge in [0.25, 0.3) is 0 Å². The van der Waals surface area contributed by atoms with E-state index in [1.54, 1.807) is 19.2 Å². The van der Waals surface area contributed by atoms with Crippen molar-refractivity contribution in [2.45, 2.75) is 85.2 Å². The van der Waals surface area contributed by atoms with Crippen molar-refractivity contribution >= 4 is 5.91 Å². The summed E-state index contributed by atoms with van der Waals surface area (Å²) in [6.07, 6.45) is 1.07. The van der Waals surface area contributed by atoms with Crippen LogP contribution in [0.5, 0.6) is 5.75 Å². The zero-order valence-corrected chi connectivity index (χ0v) is 26.9. The molecule has 2 rings (SSSR count). The number of ether oxygens (including phenoxy) is 3. The monoisotopic (exact) mass is 603 g/mol. The van der Waals surface area contributed by atoms with Gasteiger partial charge in [0.05, 0.1) is 32.0 Å². The van der Waals surface area contributed by atoms with Crippen molar-refractivity contribution in [3.8, 4) is 5.75 Å². The van der Waals surface area contributed by atoms with Crippen LogP contribution in [-0.4, -0.2) is 62.7 Å². The molecule has 1 amide bonds. The lowest BCUT2D eigenvalue weighted by Gasteiger charge is -2.30. The molecular formula is C34H54FN3O5. The van der Waals surface area contributed by atoms with E-state index in [-0.39, 0.29) is 42.6 Å². The van der Waals surface area contributed by atoms with E-state index in [0.29, 0.717) is 32.9 Å². The molecule has 0 unspecified atom stereocenters. The number of carbonyl (C=O) groups is 1. The van der Waals surface area contributed by atoms with Crippen LogP contribution in [0, 0.1) is 30.5 Å². The SMILES string of the molecule is CC[C@H](C)[C@@H](CNCc1ccc(F)cc1)NC(=O)[C@@H](C[C@H](O)[C@@H](N)COCc1ccc(C)c(OCCCOC)c1)C(C)C. The Labute approximate surface area is 257 Å². The average molecular weight is 604 g/mol. The molecule has 242 valence electrons. The second kappa shape index (κ2) is 19.7. The molecule has 43 heavy (non-hydrogen) atoms. The predicted molar refractivity (Wildman–Crippen MR) is 169 cm³/mol. The van der Waals surface area contributed by atoms with Crippen molar-refractivity contribution in [3.05, 3.63) is 65.0 Å². The van der Waals surface area contributed by atoms with Gasteiger partial charge in [0.1, 0.15) is 11.6 Å². The molecule has 0 aliphatic rings. The van der Waals surface area contributed by atoms with Crippen molar-refractivity contribution in [1.82, 2.24) is 10.6 Å². The zero-order chi connectivity index (χ0) is 31.8. The van der Waals surface area contributed by atoms with Crippen molar-refractivity contribution < 1.29 is 28.5 Å². The number of nitrogens with one attached hydrogen (secondary N) is 2. The summed E-state index contributed by atoms with van der Waals surface area (Å²) in [7, 11) is 1.67. The third kappa shape index (κ3) is 13.3. The number of carbonyl (C=O) groups excluding carboxylic acids is 1. The van der Waals surface area contributed by atoms with Gasteiger partial charge >= 0.3 is 0 Å². The molecule has 5 N–H and O–H groups in total. The van der Waals surface area contributed by atoms with Crippen LogP contribution in [0.1, 0.15) is 63.6 Å². The number of aliphatic hydroxyl groups excluding tert-OH is 1. The summed E-state index contributed by atoms with van der Waals surface area (Å²) in [5.74, 6) is 0.322. The van der Waals surface area contributed by atoms with Crippen LogP contribution in [0.4, 0.5) is 4.39 Å². The molecule has 0 saturated carbocycles. The number of hydrogen-bond acceptors (Lipinski definition) is 7. The average Bonchev–Trinajstić information content (AvgIpc) is 2.98. The first-order valence-electron chi connectivity index (χ1n) is 15.5. The van der Waals surface area contributed by atoms with Gasteiger partial charge in [0.2, 0.25) is 5.91 Å². The third-order valence-electron chi connectivity index (χ3n) is 7.98. The van der Waals surface area contributed by atoms with Gasteiger partial charge in [-0.1, -0.05) is 58.4 Å². The number of rotatable bonds is 21. The van der Waals surface area contributed by atoms with Crippen molar-refractivity contribution in [3.63, 3.8) is 0 Å². The predicted octanol–water partition coefficient (Wildman–Crippen LogP) is 4.74. The van der Waals surface area contributed by atoms with E-state index in [1.165, 1.54) is 12.1 Å². The number of halogens is 1. The number of methoxy groups -OCH3 is 1. The molecule has 2 aromatic rings. The molecule has 9 heteroatoms. The van der Waals surface area contributed by atoms with Crippen LogP contribution >= 0.6 is 0 Å². The van der Waals surface area contributed by atoms with E-state index in [1.807, 2.05) is 39.0 Å². The van der Waals surface area contributed by atoms with Crippen LogP contribution in [0.25, 0.3) is 0 Å². The first-order chi connectivity index (χ1) is 20.5.